The van der Waals surface area contributed by atoms with E-state index in [0.29, 0.717) is 11.3 Å². The molecule has 0 amide bonds. The molecular weight excluding hydrogens is 160 g/mol. The first-order valence-corrected chi connectivity index (χ1v) is 4.75. The minimum atomic E-state index is 0.400. The van der Waals surface area contributed by atoms with Crippen molar-refractivity contribution in [1.82, 2.24) is 0 Å². The maximum Gasteiger partial charge on any atom is 0.0493 e. The Morgan fingerprint density at radius 2 is 2.27 bits per heavy atom. The first-order valence-electron chi connectivity index (χ1n) is 4.22. The highest BCUT2D eigenvalue weighted by molar-refractivity contribution is 6.18. The number of hydrogen-bond acceptors (Lipinski definition) is 1. The van der Waals surface area contributed by atoms with Crippen molar-refractivity contribution < 1.29 is 4.74 Å². The lowest BCUT2D eigenvalue weighted by Crippen LogP contribution is -2.21. The van der Waals surface area contributed by atoms with Crippen LogP contribution >= 0.6 is 11.6 Å². The Hall–Kier alpha value is 0.250. The summed E-state index contributed by atoms with van der Waals surface area (Å²) in [5.41, 5.74) is 0.400. The highest BCUT2D eigenvalue weighted by Crippen LogP contribution is 2.58. The summed E-state index contributed by atoms with van der Waals surface area (Å²) in [7, 11) is 1.76. The summed E-state index contributed by atoms with van der Waals surface area (Å²) in [5, 5.41) is 0. The smallest absolute Gasteiger partial charge is 0.0493 e. The molecule has 1 fully saturated rings. The predicted octanol–water partition coefficient (Wildman–Crippen LogP) is 2.53. The van der Waals surface area contributed by atoms with Crippen molar-refractivity contribution in [2.45, 2.75) is 20.3 Å². The van der Waals surface area contributed by atoms with Crippen LogP contribution in [0.4, 0.5) is 0 Å². The molecule has 1 saturated carbocycles. The van der Waals surface area contributed by atoms with E-state index in [0.717, 1.165) is 18.4 Å². The maximum absolute atomic E-state index is 5.93. The number of hydrogen-bond donors (Lipinski definition) is 0. The van der Waals surface area contributed by atoms with E-state index in [1.54, 1.807) is 7.11 Å². The van der Waals surface area contributed by atoms with Crippen LogP contribution in [-0.4, -0.2) is 19.6 Å². The number of methoxy groups -OCH3 is 1. The van der Waals surface area contributed by atoms with Crippen LogP contribution in [0.3, 0.4) is 0 Å². The second-order valence-electron chi connectivity index (χ2n) is 3.83. The molecule has 0 spiro atoms. The van der Waals surface area contributed by atoms with Gasteiger partial charge in [0.15, 0.2) is 0 Å². The molecule has 11 heavy (non-hydrogen) atoms. The minimum absolute atomic E-state index is 0.400. The summed E-state index contributed by atoms with van der Waals surface area (Å²) in [6.07, 6.45) is 1.28. The van der Waals surface area contributed by atoms with Crippen molar-refractivity contribution in [2.75, 3.05) is 19.6 Å². The van der Waals surface area contributed by atoms with Crippen molar-refractivity contribution in [2.24, 2.45) is 17.3 Å². The van der Waals surface area contributed by atoms with Crippen molar-refractivity contribution in [1.29, 1.82) is 0 Å². The first kappa shape index (κ1) is 9.34. The molecular formula is C9H17ClO. The van der Waals surface area contributed by atoms with Gasteiger partial charge in [0.2, 0.25) is 0 Å². The Balaban J connectivity index is 2.44. The second kappa shape index (κ2) is 3.32. The van der Waals surface area contributed by atoms with E-state index in [9.17, 15) is 0 Å². The summed E-state index contributed by atoms with van der Waals surface area (Å²) >= 11 is 5.93. The summed E-state index contributed by atoms with van der Waals surface area (Å²) in [5.74, 6) is 2.20. The third-order valence-electron chi connectivity index (χ3n) is 3.15. The average Bonchev–Trinajstić information content (AvgIpc) is 2.63. The molecule has 1 aliphatic carbocycles. The molecule has 3 unspecified atom stereocenters. The molecule has 0 aromatic rings. The van der Waals surface area contributed by atoms with E-state index < -0.39 is 0 Å². The zero-order valence-corrected chi connectivity index (χ0v) is 8.32. The van der Waals surface area contributed by atoms with Crippen LogP contribution in [0, 0.1) is 17.3 Å². The summed E-state index contributed by atoms with van der Waals surface area (Å²) in [6, 6.07) is 0. The van der Waals surface area contributed by atoms with Gasteiger partial charge < -0.3 is 4.74 Å². The molecule has 0 saturated heterocycles. The molecule has 1 rings (SSSR count). The Morgan fingerprint density at radius 1 is 1.73 bits per heavy atom. The van der Waals surface area contributed by atoms with E-state index in [1.807, 2.05) is 0 Å². The van der Waals surface area contributed by atoms with Gasteiger partial charge in [-0.25, -0.2) is 0 Å². The Kier molecular flexibility index (Phi) is 2.82. The van der Waals surface area contributed by atoms with Gasteiger partial charge in [0, 0.05) is 19.6 Å². The molecule has 0 bridgehead atoms. The van der Waals surface area contributed by atoms with Gasteiger partial charge in [0.05, 0.1) is 0 Å². The molecule has 0 aromatic heterocycles. The van der Waals surface area contributed by atoms with Gasteiger partial charge in [-0.3, -0.25) is 0 Å². The fourth-order valence-corrected chi connectivity index (χ4v) is 2.57. The van der Waals surface area contributed by atoms with E-state index in [-0.39, 0.29) is 0 Å². The lowest BCUT2D eigenvalue weighted by Gasteiger charge is -2.21. The molecule has 0 aliphatic heterocycles. The van der Waals surface area contributed by atoms with Crippen LogP contribution in [0.5, 0.6) is 0 Å². The Labute approximate surface area is 74.1 Å². The van der Waals surface area contributed by atoms with E-state index in [2.05, 4.69) is 13.8 Å². The minimum Gasteiger partial charge on any atom is -0.384 e. The summed E-state index contributed by atoms with van der Waals surface area (Å²) in [6.45, 7) is 5.35. The van der Waals surface area contributed by atoms with Crippen LogP contribution < -0.4 is 0 Å². The van der Waals surface area contributed by atoms with Crippen molar-refractivity contribution in [3.8, 4) is 0 Å². The molecule has 1 aliphatic rings. The molecule has 3 atom stereocenters. The lowest BCUT2D eigenvalue weighted by atomic mass is 9.91. The first-order chi connectivity index (χ1) is 5.17. The van der Waals surface area contributed by atoms with E-state index in [4.69, 9.17) is 16.3 Å². The summed E-state index contributed by atoms with van der Waals surface area (Å²) < 4.78 is 5.12. The standard InChI is InChI=1S/C9H17ClO/c1-7-4-9(7,6-10)8(2)5-11-3/h7-8H,4-6H2,1-3H3. The van der Waals surface area contributed by atoms with Gasteiger partial charge in [-0.2, -0.15) is 0 Å². The highest BCUT2D eigenvalue weighted by Gasteiger charge is 2.53. The van der Waals surface area contributed by atoms with Crippen LogP contribution in [0.2, 0.25) is 0 Å². The number of rotatable bonds is 4. The van der Waals surface area contributed by atoms with Crippen molar-refractivity contribution >= 4 is 11.6 Å². The highest BCUT2D eigenvalue weighted by atomic mass is 35.5. The van der Waals surface area contributed by atoms with Crippen LogP contribution in [-0.2, 0) is 4.74 Å². The van der Waals surface area contributed by atoms with Gasteiger partial charge >= 0.3 is 0 Å². The fourth-order valence-electron chi connectivity index (χ4n) is 1.93. The molecule has 66 valence electrons. The predicted molar refractivity (Wildman–Crippen MR) is 48.0 cm³/mol. The number of ether oxygens (including phenoxy) is 1. The molecule has 0 aromatic carbocycles. The van der Waals surface area contributed by atoms with E-state index >= 15 is 0 Å². The van der Waals surface area contributed by atoms with Gasteiger partial charge in [0.1, 0.15) is 0 Å². The normalized spacial score (nSPS) is 38.7. The van der Waals surface area contributed by atoms with Crippen molar-refractivity contribution in [3.05, 3.63) is 0 Å². The Morgan fingerprint density at radius 3 is 2.55 bits per heavy atom. The molecule has 1 nitrogen and oxygen atoms in total. The van der Waals surface area contributed by atoms with Crippen LogP contribution in [0.1, 0.15) is 20.3 Å². The van der Waals surface area contributed by atoms with Gasteiger partial charge in [-0.15, -0.1) is 11.6 Å². The largest absolute Gasteiger partial charge is 0.384 e. The van der Waals surface area contributed by atoms with E-state index in [1.165, 1.54) is 6.42 Å². The monoisotopic (exact) mass is 176 g/mol. The van der Waals surface area contributed by atoms with Gasteiger partial charge in [-0.05, 0) is 23.7 Å². The quantitative estimate of drug-likeness (QED) is 0.599. The van der Waals surface area contributed by atoms with Gasteiger partial charge in [0.25, 0.3) is 0 Å². The lowest BCUT2D eigenvalue weighted by molar-refractivity contribution is 0.123. The number of halogens is 1. The topological polar surface area (TPSA) is 9.23 Å². The van der Waals surface area contributed by atoms with Crippen molar-refractivity contribution in [3.63, 3.8) is 0 Å². The SMILES string of the molecule is COCC(C)C1(CCl)CC1C. The number of alkyl halides is 1. The Bertz CT molecular complexity index is 134. The molecule has 0 N–H and O–H groups in total. The third kappa shape index (κ3) is 1.54. The molecule has 0 heterocycles. The maximum atomic E-state index is 5.93. The van der Waals surface area contributed by atoms with Crippen LogP contribution in [0.25, 0.3) is 0 Å². The third-order valence-corrected chi connectivity index (χ3v) is 3.65. The van der Waals surface area contributed by atoms with Gasteiger partial charge in [-0.1, -0.05) is 13.8 Å². The second-order valence-corrected chi connectivity index (χ2v) is 4.10. The summed E-state index contributed by atoms with van der Waals surface area (Å²) in [4.78, 5) is 0. The van der Waals surface area contributed by atoms with Crippen LogP contribution in [0.15, 0.2) is 0 Å². The zero-order valence-electron chi connectivity index (χ0n) is 7.56. The fraction of sp³-hybridized carbons (Fsp3) is 1.00. The molecule has 2 heteroatoms. The molecule has 0 radical (unpaired) electrons. The zero-order chi connectivity index (χ0) is 8.48. The average molecular weight is 177 g/mol.